The molecular formula is C44H30N2. The highest BCUT2D eigenvalue weighted by molar-refractivity contribution is 6.24. The molecule has 0 aliphatic rings. The molecule has 1 heterocycles. The molecule has 0 amide bonds. The molecule has 0 saturated heterocycles. The highest BCUT2D eigenvalue weighted by atomic mass is 15.1. The van der Waals surface area contributed by atoms with Gasteiger partial charge in [-0.1, -0.05) is 133 Å². The summed E-state index contributed by atoms with van der Waals surface area (Å²) in [5.74, 6) is 0. The van der Waals surface area contributed by atoms with Crippen molar-refractivity contribution in [2.45, 2.75) is 0 Å². The maximum atomic E-state index is 2.43. The Morgan fingerprint density at radius 3 is 1.74 bits per heavy atom. The zero-order valence-electron chi connectivity index (χ0n) is 25.2. The first-order chi connectivity index (χ1) is 22.8. The highest BCUT2D eigenvalue weighted by Crippen LogP contribution is 2.46. The molecule has 2 nitrogen and oxygen atoms in total. The summed E-state index contributed by atoms with van der Waals surface area (Å²) in [5.41, 5.74) is 9.34. The van der Waals surface area contributed by atoms with Crippen LogP contribution in [0.2, 0.25) is 0 Å². The van der Waals surface area contributed by atoms with Crippen molar-refractivity contribution in [1.29, 1.82) is 0 Å². The normalized spacial score (nSPS) is 11.5. The van der Waals surface area contributed by atoms with E-state index in [0.29, 0.717) is 0 Å². The van der Waals surface area contributed by atoms with Crippen molar-refractivity contribution in [1.82, 2.24) is 4.57 Å². The van der Waals surface area contributed by atoms with Gasteiger partial charge in [0.15, 0.2) is 0 Å². The van der Waals surface area contributed by atoms with Crippen LogP contribution in [0, 0.1) is 0 Å². The molecule has 0 N–H and O–H groups in total. The molecule has 0 bridgehead atoms. The van der Waals surface area contributed by atoms with Crippen LogP contribution in [-0.4, -0.2) is 4.57 Å². The van der Waals surface area contributed by atoms with Gasteiger partial charge in [0.2, 0.25) is 0 Å². The summed E-state index contributed by atoms with van der Waals surface area (Å²) in [7, 11) is 0. The average molecular weight is 587 g/mol. The molecule has 0 fully saturated rings. The minimum atomic E-state index is 1.11. The number of anilines is 3. The molecule has 1 aromatic heterocycles. The number of nitrogens with zero attached hydrogens (tertiary/aromatic N) is 2. The lowest BCUT2D eigenvalue weighted by Crippen LogP contribution is -2.11. The Morgan fingerprint density at radius 1 is 0.370 bits per heavy atom. The van der Waals surface area contributed by atoms with Crippen molar-refractivity contribution in [3.05, 3.63) is 182 Å². The largest absolute Gasteiger partial charge is 0.310 e. The molecule has 216 valence electrons. The van der Waals surface area contributed by atoms with E-state index in [1.54, 1.807) is 0 Å². The van der Waals surface area contributed by atoms with Gasteiger partial charge < -0.3 is 9.47 Å². The SMILES string of the molecule is c1ccc(-c2ccc(N(c3ccc4ccccc4c3)c3cc4c(c5ccccc35)c3ccccc3n4-c3ccccc3)cc2)cc1. The molecule has 9 aromatic rings. The smallest absolute Gasteiger partial charge is 0.0568 e. The van der Waals surface area contributed by atoms with Gasteiger partial charge in [-0.05, 0) is 75.8 Å². The number of hydrogen-bond donors (Lipinski definition) is 0. The predicted octanol–water partition coefficient (Wildman–Crippen LogP) is 12.2. The lowest BCUT2D eigenvalue weighted by Gasteiger charge is -2.28. The van der Waals surface area contributed by atoms with Crippen LogP contribution in [-0.2, 0) is 0 Å². The molecule has 0 spiro atoms. The van der Waals surface area contributed by atoms with Crippen molar-refractivity contribution >= 4 is 60.4 Å². The van der Waals surface area contributed by atoms with Crippen molar-refractivity contribution in [2.24, 2.45) is 0 Å². The molecule has 0 unspecified atom stereocenters. The van der Waals surface area contributed by atoms with E-state index < -0.39 is 0 Å². The van der Waals surface area contributed by atoms with Gasteiger partial charge in [0.05, 0.1) is 16.7 Å². The standard InChI is InChI=1S/C44H30N2/c1-3-13-31(14-4-1)33-23-26-36(27-24-33)45(37-28-25-32-15-7-8-16-34(32)29-37)42-30-43-44(39-20-10-9-19-38(39)42)40-21-11-12-22-41(40)46(43)35-17-5-2-6-18-35/h1-30H. The third kappa shape index (κ3) is 4.27. The lowest BCUT2D eigenvalue weighted by atomic mass is 10.00. The third-order valence-electron chi connectivity index (χ3n) is 9.14. The monoisotopic (exact) mass is 586 g/mol. The Bertz CT molecular complexity index is 2510. The Morgan fingerprint density at radius 2 is 0.957 bits per heavy atom. The van der Waals surface area contributed by atoms with Crippen LogP contribution in [0.15, 0.2) is 182 Å². The Kier molecular flexibility index (Phi) is 6.17. The fourth-order valence-electron chi connectivity index (χ4n) is 7.03. The van der Waals surface area contributed by atoms with Crippen LogP contribution in [0.3, 0.4) is 0 Å². The second kappa shape index (κ2) is 10.8. The number of para-hydroxylation sites is 2. The molecule has 0 saturated carbocycles. The van der Waals surface area contributed by atoms with E-state index >= 15 is 0 Å². The number of aromatic nitrogens is 1. The van der Waals surface area contributed by atoms with Crippen molar-refractivity contribution in [2.75, 3.05) is 4.90 Å². The quantitative estimate of drug-likeness (QED) is 0.195. The second-order valence-corrected chi connectivity index (χ2v) is 11.8. The molecule has 8 aromatic carbocycles. The number of hydrogen-bond acceptors (Lipinski definition) is 1. The average Bonchev–Trinajstić information content (AvgIpc) is 3.47. The minimum absolute atomic E-state index is 1.11. The molecule has 0 atom stereocenters. The predicted molar refractivity (Wildman–Crippen MR) is 196 cm³/mol. The first-order valence-electron chi connectivity index (χ1n) is 15.8. The summed E-state index contributed by atoms with van der Waals surface area (Å²) in [6.07, 6.45) is 0. The summed E-state index contributed by atoms with van der Waals surface area (Å²) in [5, 5.41) is 7.44. The Labute approximate surface area is 268 Å². The van der Waals surface area contributed by atoms with Crippen LogP contribution in [0.25, 0.3) is 60.2 Å². The van der Waals surface area contributed by atoms with E-state index in [1.165, 1.54) is 54.5 Å². The van der Waals surface area contributed by atoms with Gasteiger partial charge in [-0.15, -0.1) is 0 Å². The molecule has 0 aliphatic heterocycles. The molecule has 46 heavy (non-hydrogen) atoms. The van der Waals surface area contributed by atoms with E-state index in [0.717, 1.165) is 22.7 Å². The Balaban J connectivity index is 1.36. The van der Waals surface area contributed by atoms with Gasteiger partial charge in [-0.25, -0.2) is 0 Å². The summed E-state index contributed by atoms with van der Waals surface area (Å²) in [4.78, 5) is 2.43. The fraction of sp³-hybridized carbons (Fsp3) is 0. The van der Waals surface area contributed by atoms with Gasteiger partial charge in [-0.3, -0.25) is 0 Å². The summed E-state index contributed by atoms with van der Waals surface area (Å²) in [6.45, 7) is 0. The molecule has 0 radical (unpaired) electrons. The third-order valence-corrected chi connectivity index (χ3v) is 9.14. The van der Waals surface area contributed by atoms with E-state index in [1.807, 2.05) is 0 Å². The maximum Gasteiger partial charge on any atom is 0.0568 e. The molecule has 9 rings (SSSR count). The van der Waals surface area contributed by atoms with Crippen LogP contribution in [0.4, 0.5) is 17.1 Å². The summed E-state index contributed by atoms with van der Waals surface area (Å²) in [6, 6.07) is 65.7. The molecule has 2 heteroatoms. The Hall–Kier alpha value is -6.12. The maximum absolute atomic E-state index is 2.43. The van der Waals surface area contributed by atoms with Crippen LogP contribution >= 0.6 is 0 Å². The second-order valence-electron chi connectivity index (χ2n) is 11.8. The van der Waals surface area contributed by atoms with Crippen LogP contribution < -0.4 is 4.90 Å². The summed E-state index contributed by atoms with van der Waals surface area (Å²) >= 11 is 0. The fourth-order valence-corrected chi connectivity index (χ4v) is 7.03. The van der Waals surface area contributed by atoms with Gasteiger partial charge in [-0.2, -0.15) is 0 Å². The van der Waals surface area contributed by atoms with E-state index in [4.69, 9.17) is 0 Å². The van der Waals surface area contributed by atoms with Crippen molar-refractivity contribution in [3.63, 3.8) is 0 Å². The summed E-state index contributed by atoms with van der Waals surface area (Å²) < 4.78 is 2.41. The van der Waals surface area contributed by atoms with Gasteiger partial charge >= 0.3 is 0 Å². The van der Waals surface area contributed by atoms with Gasteiger partial charge in [0.1, 0.15) is 0 Å². The highest BCUT2D eigenvalue weighted by Gasteiger charge is 2.22. The number of rotatable bonds is 5. The number of fused-ring (bicyclic) bond motifs is 6. The lowest BCUT2D eigenvalue weighted by molar-refractivity contribution is 1.18. The van der Waals surface area contributed by atoms with Gasteiger partial charge in [0.25, 0.3) is 0 Å². The number of benzene rings is 8. The zero-order chi connectivity index (χ0) is 30.5. The van der Waals surface area contributed by atoms with E-state index in [2.05, 4.69) is 191 Å². The van der Waals surface area contributed by atoms with Crippen LogP contribution in [0.5, 0.6) is 0 Å². The topological polar surface area (TPSA) is 8.17 Å². The minimum Gasteiger partial charge on any atom is -0.310 e. The van der Waals surface area contributed by atoms with Crippen molar-refractivity contribution < 1.29 is 0 Å². The van der Waals surface area contributed by atoms with E-state index in [9.17, 15) is 0 Å². The molecular weight excluding hydrogens is 556 g/mol. The molecule has 0 aliphatic carbocycles. The van der Waals surface area contributed by atoms with Gasteiger partial charge in [0, 0.05) is 33.2 Å². The first-order valence-corrected chi connectivity index (χ1v) is 15.8. The van der Waals surface area contributed by atoms with Crippen LogP contribution in [0.1, 0.15) is 0 Å². The first kappa shape index (κ1) is 26.3. The zero-order valence-corrected chi connectivity index (χ0v) is 25.2. The van der Waals surface area contributed by atoms with E-state index in [-0.39, 0.29) is 0 Å². The van der Waals surface area contributed by atoms with Crippen molar-refractivity contribution in [3.8, 4) is 16.8 Å².